The number of carbonyl (C=O) groups excluding carboxylic acids is 2. The fourth-order valence-corrected chi connectivity index (χ4v) is 3.79. The number of benzene rings is 1. The number of ether oxygens (including phenoxy) is 3. The van der Waals surface area contributed by atoms with Crippen molar-refractivity contribution < 1.29 is 23.8 Å². The van der Waals surface area contributed by atoms with Crippen molar-refractivity contribution in [1.82, 2.24) is 15.0 Å². The van der Waals surface area contributed by atoms with Gasteiger partial charge in [0.2, 0.25) is 5.91 Å². The molecule has 3 heterocycles. The molecule has 1 aliphatic rings. The van der Waals surface area contributed by atoms with Crippen LogP contribution in [0.5, 0.6) is 5.75 Å². The van der Waals surface area contributed by atoms with Gasteiger partial charge in [0, 0.05) is 55.3 Å². The van der Waals surface area contributed by atoms with Gasteiger partial charge in [0.15, 0.2) is 0 Å². The first-order valence-electron chi connectivity index (χ1n) is 11.3. The third kappa shape index (κ3) is 6.12. The van der Waals surface area contributed by atoms with Gasteiger partial charge in [0.25, 0.3) is 0 Å². The van der Waals surface area contributed by atoms with Crippen LogP contribution in [0.1, 0.15) is 19.3 Å². The molecule has 11 nitrogen and oxygen atoms in total. The maximum Gasteiger partial charge on any atom is 0.305 e. The highest BCUT2D eigenvalue weighted by Gasteiger charge is 2.15. The number of aromatic nitrogens is 3. The van der Waals surface area contributed by atoms with E-state index in [4.69, 9.17) is 9.47 Å². The molecule has 0 saturated carbocycles. The van der Waals surface area contributed by atoms with Crippen LogP contribution < -0.4 is 20.3 Å². The van der Waals surface area contributed by atoms with Gasteiger partial charge in [-0.05, 0) is 18.6 Å². The van der Waals surface area contributed by atoms with Crippen molar-refractivity contribution in [2.75, 3.05) is 56.1 Å². The Morgan fingerprint density at radius 1 is 1.09 bits per heavy atom. The zero-order chi connectivity index (χ0) is 24.6. The van der Waals surface area contributed by atoms with Gasteiger partial charge in [-0.1, -0.05) is 0 Å². The Bertz CT molecular complexity index is 1200. The Morgan fingerprint density at radius 2 is 1.91 bits per heavy atom. The summed E-state index contributed by atoms with van der Waals surface area (Å²) in [5.74, 6) is 1.07. The Balaban J connectivity index is 1.55. The average molecular weight is 481 g/mol. The lowest BCUT2D eigenvalue weighted by Gasteiger charge is -2.29. The molecule has 1 amide bonds. The monoisotopic (exact) mass is 480 g/mol. The second-order valence-electron chi connectivity index (χ2n) is 7.89. The fraction of sp³-hybridized carbons (Fsp3) is 0.375. The van der Waals surface area contributed by atoms with E-state index in [-0.39, 0.29) is 24.7 Å². The smallest absolute Gasteiger partial charge is 0.305 e. The summed E-state index contributed by atoms with van der Waals surface area (Å²) >= 11 is 0. The molecular formula is C24H28N6O5. The number of nitrogens with one attached hydrogen (secondary N) is 2. The van der Waals surface area contributed by atoms with Gasteiger partial charge in [0.05, 0.1) is 38.6 Å². The topological polar surface area (TPSA) is 128 Å². The van der Waals surface area contributed by atoms with Crippen molar-refractivity contribution >= 4 is 45.8 Å². The molecular weight excluding hydrogens is 452 g/mol. The number of methoxy groups -OCH3 is 2. The summed E-state index contributed by atoms with van der Waals surface area (Å²) in [6, 6.07) is 7.43. The molecule has 0 bridgehead atoms. The molecule has 0 aliphatic carbocycles. The van der Waals surface area contributed by atoms with E-state index >= 15 is 0 Å². The van der Waals surface area contributed by atoms with Crippen LogP contribution in [0, 0.1) is 0 Å². The number of rotatable bonds is 9. The Hall–Kier alpha value is -3.99. The lowest BCUT2D eigenvalue weighted by molar-refractivity contribution is -0.140. The number of hydrogen-bond acceptors (Lipinski definition) is 10. The van der Waals surface area contributed by atoms with Crippen LogP contribution in [0.3, 0.4) is 0 Å². The lowest BCUT2D eigenvalue weighted by Crippen LogP contribution is -2.36. The van der Waals surface area contributed by atoms with E-state index < -0.39 is 0 Å². The molecule has 4 rings (SSSR count). The van der Waals surface area contributed by atoms with Crippen molar-refractivity contribution in [2.24, 2.45) is 0 Å². The van der Waals surface area contributed by atoms with Crippen molar-refractivity contribution in [3.05, 3.63) is 36.8 Å². The number of carbonyl (C=O) groups is 2. The van der Waals surface area contributed by atoms with Crippen LogP contribution in [-0.4, -0.2) is 67.4 Å². The van der Waals surface area contributed by atoms with E-state index in [1.54, 1.807) is 18.3 Å². The largest absolute Gasteiger partial charge is 0.494 e. The number of esters is 1. The van der Waals surface area contributed by atoms with Crippen LogP contribution in [-0.2, 0) is 19.1 Å². The van der Waals surface area contributed by atoms with Crippen LogP contribution >= 0.6 is 0 Å². The summed E-state index contributed by atoms with van der Waals surface area (Å²) in [5.41, 5.74) is 2.18. The first kappa shape index (κ1) is 24.1. The summed E-state index contributed by atoms with van der Waals surface area (Å²) in [6.07, 6.45) is 3.94. The van der Waals surface area contributed by atoms with Crippen molar-refractivity contribution in [2.45, 2.75) is 19.3 Å². The summed E-state index contributed by atoms with van der Waals surface area (Å²) in [6.45, 7) is 3.03. The van der Waals surface area contributed by atoms with Gasteiger partial charge in [-0.25, -0.2) is 15.0 Å². The predicted molar refractivity (Wildman–Crippen MR) is 131 cm³/mol. The lowest BCUT2D eigenvalue weighted by atomic mass is 10.1. The number of pyridine rings is 1. The Labute approximate surface area is 202 Å². The molecule has 0 spiro atoms. The van der Waals surface area contributed by atoms with Gasteiger partial charge in [-0.15, -0.1) is 0 Å². The second-order valence-corrected chi connectivity index (χ2v) is 7.89. The van der Waals surface area contributed by atoms with Crippen LogP contribution in [0.4, 0.5) is 23.0 Å². The minimum atomic E-state index is -0.347. The third-order valence-corrected chi connectivity index (χ3v) is 5.61. The van der Waals surface area contributed by atoms with Crippen LogP contribution in [0.2, 0.25) is 0 Å². The zero-order valence-electron chi connectivity index (χ0n) is 19.7. The highest BCUT2D eigenvalue weighted by molar-refractivity contribution is 5.99. The molecule has 0 atom stereocenters. The van der Waals surface area contributed by atoms with Crippen LogP contribution in [0.25, 0.3) is 10.9 Å². The summed E-state index contributed by atoms with van der Waals surface area (Å²) in [7, 11) is 2.85. The van der Waals surface area contributed by atoms with Crippen molar-refractivity contribution in [3.8, 4) is 5.75 Å². The second kappa shape index (κ2) is 11.4. The zero-order valence-corrected chi connectivity index (χ0v) is 19.7. The quantitative estimate of drug-likeness (QED) is 0.441. The number of hydrogen-bond donors (Lipinski definition) is 2. The van der Waals surface area contributed by atoms with E-state index in [1.807, 2.05) is 12.1 Å². The molecule has 0 unspecified atom stereocenters. The fourth-order valence-electron chi connectivity index (χ4n) is 3.79. The molecule has 1 aromatic carbocycles. The standard InChI is InChI=1S/C24H28N6O5/c1-33-20-14-18-17(13-19(20)28-22(31)4-3-5-23(32)34-2)24(27-15-26-18)29-21-12-16(6-7-25-21)30-8-10-35-11-9-30/h6-7,12-15H,3-5,8-11H2,1-2H3,(H,28,31)(H,25,26,27,29). The molecule has 11 heteroatoms. The predicted octanol–water partition coefficient (Wildman–Crippen LogP) is 2.90. The van der Waals surface area contributed by atoms with Gasteiger partial charge < -0.3 is 29.7 Å². The maximum absolute atomic E-state index is 12.5. The van der Waals surface area contributed by atoms with Gasteiger partial charge >= 0.3 is 5.97 Å². The summed E-state index contributed by atoms with van der Waals surface area (Å²) in [4.78, 5) is 39.2. The van der Waals surface area contributed by atoms with E-state index in [0.717, 1.165) is 18.8 Å². The first-order valence-corrected chi connectivity index (χ1v) is 11.3. The number of fused-ring (bicyclic) bond motifs is 1. The molecule has 1 aliphatic heterocycles. The molecule has 3 aromatic rings. The summed E-state index contributed by atoms with van der Waals surface area (Å²) in [5, 5.41) is 6.82. The van der Waals surface area contributed by atoms with Gasteiger partial charge in [-0.2, -0.15) is 0 Å². The molecule has 1 fully saturated rings. The molecule has 0 radical (unpaired) electrons. The van der Waals surface area contributed by atoms with Crippen LogP contribution in [0.15, 0.2) is 36.8 Å². The van der Waals surface area contributed by atoms with E-state index in [1.165, 1.54) is 20.5 Å². The van der Waals surface area contributed by atoms with Crippen molar-refractivity contribution in [1.29, 1.82) is 0 Å². The van der Waals surface area contributed by atoms with E-state index in [2.05, 4.69) is 35.2 Å². The Morgan fingerprint density at radius 3 is 2.69 bits per heavy atom. The highest BCUT2D eigenvalue weighted by Crippen LogP contribution is 2.33. The normalized spacial score (nSPS) is 13.4. The molecule has 2 aromatic heterocycles. The first-order chi connectivity index (χ1) is 17.1. The SMILES string of the molecule is COC(=O)CCCC(=O)Nc1cc2c(Nc3cc(N4CCOCC4)ccn3)ncnc2cc1OC. The van der Waals surface area contributed by atoms with E-state index in [0.29, 0.717) is 53.6 Å². The number of anilines is 4. The highest BCUT2D eigenvalue weighted by atomic mass is 16.5. The number of nitrogens with zero attached hydrogens (tertiary/aromatic N) is 4. The van der Waals surface area contributed by atoms with Crippen molar-refractivity contribution in [3.63, 3.8) is 0 Å². The van der Waals surface area contributed by atoms with E-state index in [9.17, 15) is 9.59 Å². The molecule has 2 N–H and O–H groups in total. The minimum absolute atomic E-state index is 0.172. The van der Waals surface area contributed by atoms with Gasteiger partial charge in [0.1, 0.15) is 23.7 Å². The number of amides is 1. The Kier molecular flexibility index (Phi) is 7.88. The molecule has 1 saturated heterocycles. The number of morpholine rings is 1. The third-order valence-electron chi connectivity index (χ3n) is 5.61. The minimum Gasteiger partial charge on any atom is -0.494 e. The maximum atomic E-state index is 12.5. The molecule has 35 heavy (non-hydrogen) atoms. The van der Waals surface area contributed by atoms with Gasteiger partial charge in [-0.3, -0.25) is 9.59 Å². The average Bonchev–Trinajstić information content (AvgIpc) is 2.89. The summed E-state index contributed by atoms with van der Waals surface area (Å²) < 4.78 is 15.5. The molecule has 184 valence electrons.